The number of hydrogen-bond donors (Lipinski definition) is 2. The Morgan fingerprint density at radius 3 is 1.58 bits per heavy atom. The lowest BCUT2D eigenvalue weighted by Gasteiger charge is -2.17. The molecule has 0 aliphatic carbocycles. The third kappa shape index (κ3) is 11.4. The van der Waals surface area contributed by atoms with E-state index < -0.39 is 18.1 Å². The number of carbonyl (C=O) groups is 4. The van der Waals surface area contributed by atoms with Crippen LogP contribution in [-0.2, 0) is 28.7 Å². The molecule has 6 rings (SSSR count). The molecule has 2 unspecified atom stereocenters. The first-order chi connectivity index (χ1) is 25.7. The summed E-state index contributed by atoms with van der Waals surface area (Å²) in [6.45, 7) is 0.396. The van der Waals surface area contributed by atoms with Gasteiger partial charge in [-0.1, -0.05) is 66.2 Å². The van der Waals surface area contributed by atoms with Crippen LogP contribution < -0.4 is 29.6 Å². The zero-order valence-corrected chi connectivity index (χ0v) is 29.7. The highest BCUT2D eigenvalue weighted by Gasteiger charge is 2.20. The van der Waals surface area contributed by atoms with Crippen molar-refractivity contribution in [3.05, 3.63) is 130 Å². The molecule has 0 bridgehead atoms. The number of hydrogen-bond acceptors (Lipinski definition) is 10. The maximum Gasteiger partial charge on any atom is 0.307 e. The highest BCUT2D eigenvalue weighted by Crippen LogP contribution is 2.34. The van der Waals surface area contributed by atoms with Crippen molar-refractivity contribution in [1.29, 1.82) is 0 Å². The molecule has 0 spiro atoms. The lowest BCUT2D eigenvalue weighted by atomic mass is 10.0. The molecule has 0 radical (unpaired) electrons. The standard InChI is InChI=1S/C20H18ClNO5.C20H19NO5/c1-25-20(24)11-16(14-3-2-4-15(21)10-14)22-19(23)8-6-13-5-7-17-18(9-13)27-12-26-17;1-24-20(23)12-16(15-5-3-2-4-6-15)21-19(22)10-8-14-7-9-17-18(11-14)26-13-25-17/h2-10,16H,11-12H2,1H3,(H,22,23);2-11,16H,12-13H2,1H3,(H,21,22)/b8-6+;10-8+. The number of ether oxygens (including phenoxy) is 6. The second kappa shape index (κ2) is 18.8. The first-order valence-electron chi connectivity index (χ1n) is 16.4. The Kier molecular flexibility index (Phi) is 13.5. The molecular weight excluding hydrogens is 704 g/mol. The van der Waals surface area contributed by atoms with Crippen LogP contribution in [0.15, 0.2) is 103 Å². The Labute approximate surface area is 311 Å². The highest BCUT2D eigenvalue weighted by atomic mass is 35.5. The van der Waals surface area contributed by atoms with Gasteiger partial charge < -0.3 is 39.1 Å². The van der Waals surface area contributed by atoms with Crippen molar-refractivity contribution in [2.24, 2.45) is 0 Å². The SMILES string of the molecule is COC(=O)CC(NC(=O)/C=C/c1ccc2c(c1)OCO2)c1cccc(Cl)c1.COC(=O)CC(NC(=O)/C=C/c1ccc2c(c1)OCO2)c1ccccc1. The number of benzene rings is 4. The van der Waals surface area contributed by atoms with Crippen molar-refractivity contribution in [2.75, 3.05) is 27.8 Å². The van der Waals surface area contributed by atoms with Gasteiger partial charge in [0.25, 0.3) is 0 Å². The summed E-state index contributed by atoms with van der Waals surface area (Å²) in [7, 11) is 2.63. The summed E-state index contributed by atoms with van der Waals surface area (Å²) in [5.74, 6) is 1.19. The first-order valence-corrected chi connectivity index (χ1v) is 16.8. The monoisotopic (exact) mass is 740 g/mol. The van der Waals surface area contributed by atoms with Crippen LogP contribution >= 0.6 is 11.6 Å². The van der Waals surface area contributed by atoms with Crippen molar-refractivity contribution in [3.63, 3.8) is 0 Å². The van der Waals surface area contributed by atoms with E-state index in [-0.39, 0.29) is 44.2 Å². The zero-order valence-electron chi connectivity index (χ0n) is 28.9. The molecule has 0 saturated heterocycles. The largest absolute Gasteiger partial charge is 0.469 e. The zero-order chi connectivity index (χ0) is 37.6. The Morgan fingerprint density at radius 1 is 0.623 bits per heavy atom. The van der Waals surface area contributed by atoms with Gasteiger partial charge in [-0.2, -0.15) is 0 Å². The van der Waals surface area contributed by atoms with Crippen LogP contribution in [0.2, 0.25) is 5.02 Å². The van der Waals surface area contributed by atoms with E-state index in [0.717, 1.165) is 22.3 Å². The van der Waals surface area contributed by atoms with E-state index in [2.05, 4.69) is 10.6 Å². The molecule has 2 aliphatic rings. The topological polar surface area (TPSA) is 148 Å². The van der Waals surface area contributed by atoms with Crippen LogP contribution in [0.5, 0.6) is 23.0 Å². The van der Waals surface area contributed by atoms with Gasteiger partial charge in [-0.3, -0.25) is 19.2 Å². The quantitative estimate of drug-likeness (QED) is 0.124. The van der Waals surface area contributed by atoms with Crippen LogP contribution in [-0.4, -0.2) is 51.6 Å². The summed E-state index contributed by atoms with van der Waals surface area (Å²) in [5.41, 5.74) is 3.16. The van der Waals surface area contributed by atoms with Crippen LogP contribution in [0.25, 0.3) is 12.2 Å². The van der Waals surface area contributed by atoms with Gasteiger partial charge in [0, 0.05) is 17.2 Å². The van der Waals surface area contributed by atoms with Gasteiger partial charge in [-0.25, -0.2) is 0 Å². The van der Waals surface area contributed by atoms with Crippen LogP contribution in [0, 0.1) is 0 Å². The number of carbonyl (C=O) groups excluding carboxylic acids is 4. The minimum absolute atomic E-state index is 0.000443. The van der Waals surface area contributed by atoms with Crippen LogP contribution in [0.3, 0.4) is 0 Å². The molecule has 2 heterocycles. The Hall–Kier alpha value is -6.27. The van der Waals surface area contributed by atoms with E-state index >= 15 is 0 Å². The molecule has 2 atom stereocenters. The average molecular weight is 741 g/mol. The van der Waals surface area contributed by atoms with Gasteiger partial charge >= 0.3 is 11.9 Å². The minimum atomic E-state index is -0.551. The smallest absolute Gasteiger partial charge is 0.307 e. The molecule has 0 saturated carbocycles. The fourth-order valence-corrected chi connectivity index (χ4v) is 5.43. The molecule has 53 heavy (non-hydrogen) atoms. The number of halogens is 1. The Balaban J connectivity index is 0.000000204. The molecule has 13 heteroatoms. The second-order valence-corrected chi connectivity index (χ2v) is 12.0. The van der Waals surface area contributed by atoms with Crippen LogP contribution in [0.1, 0.15) is 47.2 Å². The molecule has 2 N–H and O–H groups in total. The maximum absolute atomic E-state index is 12.3. The third-order valence-corrected chi connectivity index (χ3v) is 8.17. The van der Waals surface area contributed by atoms with Gasteiger partial charge in [0.2, 0.25) is 25.4 Å². The molecule has 12 nitrogen and oxygen atoms in total. The fourth-order valence-electron chi connectivity index (χ4n) is 5.23. The molecule has 0 aromatic heterocycles. The maximum atomic E-state index is 12.3. The van der Waals surface area contributed by atoms with E-state index in [1.54, 1.807) is 60.7 Å². The Morgan fingerprint density at radius 2 is 1.09 bits per heavy atom. The highest BCUT2D eigenvalue weighted by molar-refractivity contribution is 6.30. The van der Waals surface area contributed by atoms with Gasteiger partial charge in [0.1, 0.15) is 0 Å². The predicted molar refractivity (Wildman–Crippen MR) is 196 cm³/mol. The van der Waals surface area contributed by atoms with Crippen molar-refractivity contribution in [2.45, 2.75) is 24.9 Å². The summed E-state index contributed by atoms with van der Waals surface area (Å²) in [4.78, 5) is 48.0. The second-order valence-electron chi connectivity index (χ2n) is 11.5. The van der Waals surface area contributed by atoms with Crippen molar-refractivity contribution in [3.8, 4) is 23.0 Å². The molecule has 2 amide bonds. The summed E-state index contributed by atoms with van der Waals surface area (Å²) in [5, 5.41) is 6.17. The minimum Gasteiger partial charge on any atom is -0.469 e. The number of esters is 2. The van der Waals surface area contributed by atoms with E-state index in [1.165, 1.54) is 26.4 Å². The fraction of sp³-hybridized carbons (Fsp3) is 0.200. The van der Waals surface area contributed by atoms with E-state index in [9.17, 15) is 19.2 Å². The molecular formula is C40H37ClN2O10. The summed E-state index contributed by atoms with van der Waals surface area (Å²) in [6.07, 6.45) is 6.21. The summed E-state index contributed by atoms with van der Waals surface area (Å²) >= 11 is 6.02. The summed E-state index contributed by atoms with van der Waals surface area (Å²) in [6, 6.07) is 26.1. The predicted octanol–water partition coefficient (Wildman–Crippen LogP) is 6.35. The summed E-state index contributed by atoms with van der Waals surface area (Å²) < 4.78 is 30.6. The number of methoxy groups -OCH3 is 2. The van der Waals surface area contributed by atoms with Gasteiger partial charge in [-0.15, -0.1) is 0 Å². The average Bonchev–Trinajstić information content (AvgIpc) is 3.85. The lowest BCUT2D eigenvalue weighted by Crippen LogP contribution is -2.29. The Bertz CT molecular complexity index is 1980. The third-order valence-electron chi connectivity index (χ3n) is 7.93. The lowest BCUT2D eigenvalue weighted by molar-refractivity contribution is -0.142. The van der Waals surface area contributed by atoms with E-state index in [1.807, 2.05) is 42.5 Å². The van der Waals surface area contributed by atoms with E-state index in [4.69, 9.17) is 40.0 Å². The van der Waals surface area contributed by atoms with E-state index in [0.29, 0.717) is 28.0 Å². The molecule has 274 valence electrons. The number of amides is 2. The van der Waals surface area contributed by atoms with Gasteiger partial charge in [0.05, 0.1) is 39.1 Å². The van der Waals surface area contributed by atoms with Crippen LogP contribution in [0.4, 0.5) is 0 Å². The molecule has 4 aromatic carbocycles. The van der Waals surface area contributed by atoms with Crippen molar-refractivity contribution in [1.82, 2.24) is 10.6 Å². The van der Waals surface area contributed by atoms with Gasteiger partial charge in [-0.05, 0) is 70.8 Å². The molecule has 2 aliphatic heterocycles. The molecule has 4 aromatic rings. The number of rotatable bonds is 12. The first kappa shape index (κ1) is 38.0. The number of fused-ring (bicyclic) bond motifs is 2. The van der Waals surface area contributed by atoms with Gasteiger partial charge in [0.15, 0.2) is 23.0 Å². The number of nitrogens with one attached hydrogen (secondary N) is 2. The van der Waals surface area contributed by atoms with Crippen molar-refractivity contribution < 1.29 is 47.6 Å². The normalized spacial score (nSPS) is 13.4. The molecule has 0 fully saturated rings. The van der Waals surface area contributed by atoms with Crippen molar-refractivity contribution >= 4 is 47.5 Å².